The maximum atomic E-state index is 2.44. The molecule has 0 saturated heterocycles. The minimum Gasteiger partial charge on any atom is -0.0815 e. The molecular weight excluding hydrogens is 553 g/mol. The van der Waals surface area contributed by atoms with Crippen LogP contribution in [0.15, 0.2) is 157 Å². The molecule has 0 spiro atoms. The van der Waals surface area contributed by atoms with Gasteiger partial charge < -0.3 is 0 Å². The lowest BCUT2D eigenvalue weighted by Crippen LogP contribution is -1.92. The first kappa shape index (κ1) is 23.3. The summed E-state index contributed by atoms with van der Waals surface area (Å²) in [6.07, 6.45) is 2.44. The summed E-state index contributed by atoms with van der Waals surface area (Å²) in [5.74, 6) is 0. The van der Waals surface area contributed by atoms with Crippen molar-refractivity contribution in [3.05, 3.63) is 133 Å². The molecule has 6 heteroatoms. The first-order valence-corrected chi connectivity index (χ1v) is 16.3. The summed E-state index contributed by atoms with van der Waals surface area (Å²) in [4.78, 5) is 8.06. The van der Waals surface area contributed by atoms with Gasteiger partial charge in [-0.3, -0.25) is 0 Å². The van der Waals surface area contributed by atoms with Crippen LogP contribution >= 0.6 is 70.6 Å². The van der Waals surface area contributed by atoms with Crippen LogP contribution in [0.3, 0.4) is 0 Å². The van der Waals surface area contributed by atoms with Crippen molar-refractivity contribution >= 4 is 76.1 Å². The van der Waals surface area contributed by atoms with E-state index in [-0.39, 0.29) is 0 Å². The summed E-state index contributed by atoms with van der Waals surface area (Å²) in [7, 11) is 0. The summed E-state index contributed by atoms with van der Waals surface area (Å²) in [6.45, 7) is 0. The number of hydrogen-bond acceptors (Lipinski definition) is 6. The zero-order valence-electron chi connectivity index (χ0n) is 18.8. The molecule has 0 N–H and O–H groups in total. The van der Waals surface area contributed by atoms with Crippen LogP contribution in [0.25, 0.3) is 5.57 Å². The molecule has 0 nitrogen and oxygen atoms in total. The molecule has 3 aliphatic rings. The second-order valence-electron chi connectivity index (χ2n) is 8.15. The van der Waals surface area contributed by atoms with Crippen LogP contribution in [0.1, 0.15) is 5.56 Å². The molecule has 0 atom stereocenters. The summed E-state index contributed by atoms with van der Waals surface area (Å²) in [5.41, 5.74) is 3.91. The highest BCUT2D eigenvalue weighted by atomic mass is 32.2. The zero-order chi connectivity index (χ0) is 23.9. The van der Waals surface area contributed by atoms with Crippen molar-refractivity contribution in [2.45, 2.75) is 29.4 Å². The molecular formula is C30H18S6. The molecule has 3 heterocycles. The fourth-order valence-electron chi connectivity index (χ4n) is 4.15. The van der Waals surface area contributed by atoms with E-state index >= 15 is 0 Å². The van der Waals surface area contributed by atoms with Gasteiger partial charge in [0.1, 0.15) is 0 Å². The summed E-state index contributed by atoms with van der Waals surface area (Å²) >= 11 is 11.4. The van der Waals surface area contributed by atoms with E-state index in [1.165, 1.54) is 58.8 Å². The van der Waals surface area contributed by atoms with E-state index in [0.717, 1.165) is 0 Å². The highest BCUT2D eigenvalue weighted by molar-refractivity contribution is 8.26. The molecule has 3 aliphatic heterocycles. The molecule has 0 unspecified atom stereocenters. The van der Waals surface area contributed by atoms with Gasteiger partial charge in [-0.2, -0.15) is 0 Å². The molecule has 0 aliphatic carbocycles. The second kappa shape index (κ2) is 10.2. The average Bonchev–Trinajstić information content (AvgIpc) is 3.64. The summed E-state index contributed by atoms with van der Waals surface area (Å²) in [5, 5.41) is 0. The summed E-state index contributed by atoms with van der Waals surface area (Å²) < 4.78 is 4.03. The van der Waals surface area contributed by atoms with E-state index in [9.17, 15) is 0 Å². The maximum Gasteiger partial charge on any atom is 0.0584 e. The number of thioether (sulfide) groups is 6. The molecule has 7 rings (SSSR count). The van der Waals surface area contributed by atoms with E-state index in [1.807, 2.05) is 70.6 Å². The van der Waals surface area contributed by atoms with Gasteiger partial charge in [-0.1, -0.05) is 137 Å². The molecule has 174 valence electrons. The van der Waals surface area contributed by atoms with Crippen LogP contribution in [0.2, 0.25) is 0 Å². The van der Waals surface area contributed by atoms with Gasteiger partial charge in [-0.05, 0) is 48.0 Å². The standard InChI is InChI=1S/C30H18S6/c1-2-10-19(11-3-1)28(30-35-25-16-8-9-17-26(25)36-30)20(29-33-23-14-6-7-15-24(23)34-29)18-27-31-21-12-4-5-13-22(21)32-27/h1-18H. The number of hydrogen-bond donors (Lipinski definition) is 0. The monoisotopic (exact) mass is 570 g/mol. The zero-order valence-corrected chi connectivity index (χ0v) is 23.7. The minimum absolute atomic E-state index is 1.27. The van der Waals surface area contributed by atoms with Crippen molar-refractivity contribution in [2.75, 3.05) is 0 Å². The molecule has 4 aromatic carbocycles. The third kappa shape index (κ3) is 4.53. The number of benzene rings is 4. The Morgan fingerprint density at radius 3 is 1.28 bits per heavy atom. The van der Waals surface area contributed by atoms with Crippen LogP contribution < -0.4 is 0 Å². The third-order valence-electron chi connectivity index (χ3n) is 5.80. The van der Waals surface area contributed by atoms with Crippen LogP contribution in [0, 0.1) is 0 Å². The second-order valence-corrected chi connectivity index (χ2v) is 15.3. The van der Waals surface area contributed by atoms with Gasteiger partial charge in [-0.15, -0.1) is 0 Å². The Labute approximate surface area is 236 Å². The maximum absolute atomic E-state index is 2.44. The first-order chi connectivity index (χ1) is 17.8. The number of fused-ring (bicyclic) bond motifs is 3. The van der Waals surface area contributed by atoms with Crippen LogP contribution in [-0.2, 0) is 0 Å². The molecule has 0 aromatic heterocycles. The highest BCUT2D eigenvalue weighted by Crippen LogP contribution is 2.60. The normalized spacial score (nSPS) is 15.5. The van der Waals surface area contributed by atoms with Crippen LogP contribution in [0.5, 0.6) is 0 Å². The van der Waals surface area contributed by atoms with E-state index < -0.39 is 0 Å². The SMILES string of the molecule is C(=C1Sc2ccccc2S1)C(=C1Sc2ccccc2S1)C(=C1Sc2ccccc2S1)c1ccccc1. The first-order valence-electron chi connectivity index (χ1n) is 11.4. The summed E-state index contributed by atoms with van der Waals surface area (Å²) in [6, 6.07) is 37.2. The van der Waals surface area contributed by atoms with Crippen molar-refractivity contribution in [3.63, 3.8) is 0 Å². The van der Waals surface area contributed by atoms with Crippen molar-refractivity contribution in [1.29, 1.82) is 0 Å². The quantitative estimate of drug-likeness (QED) is 0.238. The Hall–Kier alpha value is -1.80. The van der Waals surface area contributed by atoms with E-state index in [2.05, 4.69) is 109 Å². The smallest absolute Gasteiger partial charge is 0.0584 e. The van der Waals surface area contributed by atoms with Crippen LogP contribution in [0.4, 0.5) is 0 Å². The van der Waals surface area contributed by atoms with Crippen molar-refractivity contribution < 1.29 is 0 Å². The Morgan fingerprint density at radius 2 is 0.806 bits per heavy atom. The lowest BCUT2D eigenvalue weighted by Gasteiger charge is -2.16. The fourth-order valence-corrected chi connectivity index (χ4v) is 11.7. The molecule has 4 aromatic rings. The fraction of sp³-hybridized carbons (Fsp3) is 0. The topological polar surface area (TPSA) is 0 Å². The lowest BCUT2D eigenvalue weighted by molar-refractivity contribution is 1.27. The average molecular weight is 571 g/mol. The van der Waals surface area contributed by atoms with Gasteiger partial charge in [0.15, 0.2) is 0 Å². The number of rotatable bonds is 3. The van der Waals surface area contributed by atoms with Gasteiger partial charge >= 0.3 is 0 Å². The van der Waals surface area contributed by atoms with E-state index in [4.69, 9.17) is 0 Å². The minimum atomic E-state index is 1.27. The Morgan fingerprint density at radius 1 is 0.417 bits per heavy atom. The van der Waals surface area contributed by atoms with Gasteiger partial charge in [0, 0.05) is 40.5 Å². The van der Waals surface area contributed by atoms with Crippen LogP contribution in [-0.4, -0.2) is 0 Å². The van der Waals surface area contributed by atoms with Crippen molar-refractivity contribution in [2.24, 2.45) is 0 Å². The highest BCUT2D eigenvalue weighted by Gasteiger charge is 2.29. The van der Waals surface area contributed by atoms with E-state index in [0.29, 0.717) is 0 Å². The molecule has 0 fully saturated rings. The Balaban J connectivity index is 1.42. The van der Waals surface area contributed by atoms with Gasteiger partial charge in [-0.25, -0.2) is 0 Å². The molecule has 0 saturated carbocycles. The molecule has 0 radical (unpaired) electrons. The third-order valence-corrected chi connectivity index (χ3v) is 13.4. The lowest BCUT2D eigenvalue weighted by atomic mass is 10.0. The molecule has 0 amide bonds. The molecule has 36 heavy (non-hydrogen) atoms. The van der Waals surface area contributed by atoms with E-state index in [1.54, 1.807) is 0 Å². The predicted octanol–water partition coefficient (Wildman–Crippen LogP) is 11.1. The molecule has 0 bridgehead atoms. The van der Waals surface area contributed by atoms with Crippen molar-refractivity contribution in [3.8, 4) is 0 Å². The van der Waals surface area contributed by atoms with Gasteiger partial charge in [0.25, 0.3) is 0 Å². The number of allylic oxidation sites excluding steroid dienone is 3. The largest absolute Gasteiger partial charge is 0.0815 e. The van der Waals surface area contributed by atoms with Gasteiger partial charge in [0.05, 0.1) is 12.7 Å². The van der Waals surface area contributed by atoms with Gasteiger partial charge in [0.2, 0.25) is 0 Å². The Bertz CT molecular complexity index is 1500. The predicted molar refractivity (Wildman–Crippen MR) is 163 cm³/mol. The Kier molecular flexibility index (Phi) is 6.58. The van der Waals surface area contributed by atoms with Crippen molar-refractivity contribution in [1.82, 2.24) is 0 Å².